The number of fused-ring (bicyclic) bond motifs is 2. The number of benzene rings is 2. The van der Waals surface area contributed by atoms with Crippen LogP contribution < -0.4 is 16.0 Å². The molecule has 0 saturated heterocycles. The molecule has 96 valence electrons. The summed E-state index contributed by atoms with van der Waals surface area (Å²) in [4.78, 5) is 2.43. The summed E-state index contributed by atoms with van der Waals surface area (Å²) in [5, 5.41) is 3.59. The highest BCUT2D eigenvalue weighted by atomic mass is 15.2. The van der Waals surface area contributed by atoms with E-state index in [4.69, 9.17) is 5.73 Å². The summed E-state index contributed by atoms with van der Waals surface area (Å²) in [6.45, 7) is 1.67. The van der Waals surface area contributed by atoms with Crippen molar-refractivity contribution < 1.29 is 0 Å². The van der Waals surface area contributed by atoms with Gasteiger partial charge in [-0.1, -0.05) is 30.3 Å². The summed E-state index contributed by atoms with van der Waals surface area (Å²) in [5.74, 6) is 0. The molecular weight excluding hydrogens is 234 g/mol. The maximum absolute atomic E-state index is 5.98. The van der Waals surface area contributed by atoms with Crippen LogP contribution in [0.25, 0.3) is 0 Å². The van der Waals surface area contributed by atoms with Crippen LogP contribution in [0.2, 0.25) is 0 Å². The number of nitrogens with two attached hydrogens (primary N) is 1. The summed E-state index contributed by atoms with van der Waals surface area (Å²) < 4.78 is 0. The highest BCUT2D eigenvalue weighted by molar-refractivity contribution is 5.84. The lowest BCUT2D eigenvalue weighted by atomic mass is 10.0. The van der Waals surface area contributed by atoms with Crippen molar-refractivity contribution in [3.05, 3.63) is 53.6 Å². The molecule has 19 heavy (non-hydrogen) atoms. The van der Waals surface area contributed by atoms with E-state index >= 15 is 0 Å². The van der Waals surface area contributed by atoms with Gasteiger partial charge in [-0.25, -0.2) is 0 Å². The van der Waals surface area contributed by atoms with Crippen LogP contribution in [0.3, 0.4) is 0 Å². The quantitative estimate of drug-likeness (QED) is 0.819. The summed E-state index contributed by atoms with van der Waals surface area (Å²) in [7, 11) is 0. The Hall–Kier alpha value is -2.00. The van der Waals surface area contributed by atoms with Gasteiger partial charge in [0.05, 0.1) is 17.4 Å². The molecule has 1 atom stereocenters. The molecule has 2 aromatic rings. The van der Waals surface area contributed by atoms with E-state index in [2.05, 4.69) is 52.7 Å². The normalized spacial score (nSPS) is 19.4. The van der Waals surface area contributed by atoms with Crippen molar-refractivity contribution in [3.63, 3.8) is 0 Å². The molecule has 2 aliphatic heterocycles. The Balaban J connectivity index is 1.99. The molecule has 0 spiro atoms. The van der Waals surface area contributed by atoms with E-state index in [1.54, 1.807) is 0 Å². The Labute approximate surface area is 113 Å². The third-order valence-electron chi connectivity index (χ3n) is 4.16. The molecular formula is C16H17N3. The number of hydrogen-bond acceptors (Lipinski definition) is 3. The molecule has 2 aliphatic rings. The van der Waals surface area contributed by atoms with Gasteiger partial charge in [0, 0.05) is 18.8 Å². The van der Waals surface area contributed by atoms with Gasteiger partial charge in [-0.15, -0.1) is 0 Å². The maximum atomic E-state index is 5.98. The van der Waals surface area contributed by atoms with Gasteiger partial charge < -0.3 is 16.0 Å². The first-order valence-corrected chi connectivity index (χ1v) is 6.83. The lowest BCUT2D eigenvalue weighted by molar-refractivity contribution is 0.795. The van der Waals surface area contributed by atoms with Crippen molar-refractivity contribution in [2.24, 2.45) is 5.73 Å². The molecule has 2 aromatic carbocycles. The van der Waals surface area contributed by atoms with E-state index in [0.29, 0.717) is 6.54 Å². The lowest BCUT2D eigenvalue weighted by Gasteiger charge is -2.21. The van der Waals surface area contributed by atoms with Crippen molar-refractivity contribution >= 4 is 17.1 Å². The molecule has 0 saturated carbocycles. The fourth-order valence-corrected chi connectivity index (χ4v) is 3.29. The van der Waals surface area contributed by atoms with Crippen LogP contribution in [0, 0.1) is 0 Å². The standard InChI is InChI=1S/C16H17N3/c17-10-14-12-5-3-4-11-8-9-19(16(11)12)15-7-2-1-6-13(15)18-14/h1-7,14,18H,8-10,17H2. The molecule has 0 amide bonds. The topological polar surface area (TPSA) is 41.3 Å². The zero-order valence-electron chi connectivity index (χ0n) is 10.8. The minimum absolute atomic E-state index is 0.194. The number of para-hydroxylation sites is 3. The van der Waals surface area contributed by atoms with E-state index in [1.807, 2.05) is 0 Å². The molecule has 1 unspecified atom stereocenters. The highest BCUT2D eigenvalue weighted by Crippen LogP contribution is 2.45. The lowest BCUT2D eigenvalue weighted by Crippen LogP contribution is -2.20. The first-order valence-electron chi connectivity index (χ1n) is 6.83. The fraction of sp³-hybridized carbons (Fsp3) is 0.250. The molecule has 4 rings (SSSR count). The first-order chi connectivity index (χ1) is 9.38. The minimum Gasteiger partial charge on any atom is -0.375 e. The third kappa shape index (κ3) is 1.48. The predicted octanol–water partition coefficient (Wildman–Crippen LogP) is 2.81. The SMILES string of the molecule is NCC1Nc2ccccc2N2CCc3cccc1c32. The van der Waals surface area contributed by atoms with Gasteiger partial charge in [0.25, 0.3) is 0 Å². The summed E-state index contributed by atoms with van der Waals surface area (Å²) in [6, 6.07) is 15.3. The molecule has 0 fully saturated rings. The van der Waals surface area contributed by atoms with Gasteiger partial charge in [-0.2, -0.15) is 0 Å². The van der Waals surface area contributed by atoms with Gasteiger partial charge in [-0.05, 0) is 29.7 Å². The Morgan fingerprint density at radius 1 is 1.16 bits per heavy atom. The van der Waals surface area contributed by atoms with Crippen LogP contribution in [-0.4, -0.2) is 13.1 Å². The molecule has 3 nitrogen and oxygen atoms in total. The van der Waals surface area contributed by atoms with Crippen molar-refractivity contribution in [1.82, 2.24) is 0 Å². The predicted molar refractivity (Wildman–Crippen MR) is 79.0 cm³/mol. The van der Waals surface area contributed by atoms with Gasteiger partial charge >= 0.3 is 0 Å². The van der Waals surface area contributed by atoms with Gasteiger partial charge in [0.1, 0.15) is 0 Å². The first kappa shape index (κ1) is 10.9. The number of anilines is 3. The van der Waals surface area contributed by atoms with Crippen LogP contribution in [0.4, 0.5) is 17.1 Å². The monoisotopic (exact) mass is 251 g/mol. The van der Waals surface area contributed by atoms with Gasteiger partial charge in [0.15, 0.2) is 0 Å². The molecule has 0 aliphatic carbocycles. The van der Waals surface area contributed by atoms with Gasteiger partial charge in [0.2, 0.25) is 0 Å². The maximum Gasteiger partial charge on any atom is 0.0657 e. The van der Waals surface area contributed by atoms with Crippen LogP contribution in [-0.2, 0) is 6.42 Å². The van der Waals surface area contributed by atoms with E-state index < -0.39 is 0 Å². The summed E-state index contributed by atoms with van der Waals surface area (Å²) >= 11 is 0. The second-order valence-electron chi connectivity index (χ2n) is 5.21. The fourth-order valence-electron chi connectivity index (χ4n) is 3.29. The average Bonchev–Trinajstić information content (AvgIpc) is 2.83. The Kier molecular flexibility index (Phi) is 2.29. The molecule has 2 heterocycles. The van der Waals surface area contributed by atoms with E-state index in [0.717, 1.165) is 13.0 Å². The second-order valence-corrected chi connectivity index (χ2v) is 5.21. The zero-order chi connectivity index (χ0) is 12.8. The molecule has 0 bridgehead atoms. The number of rotatable bonds is 1. The highest BCUT2D eigenvalue weighted by Gasteiger charge is 2.30. The van der Waals surface area contributed by atoms with Crippen LogP contribution in [0.1, 0.15) is 17.2 Å². The van der Waals surface area contributed by atoms with Crippen LogP contribution in [0.5, 0.6) is 0 Å². The second kappa shape index (κ2) is 4.00. The van der Waals surface area contributed by atoms with Crippen LogP contribution >= 0.6 is 0 Å². The Morgan fingerprint density at radius 3 is 2.95 bits per heavy atom. The average molecular weight is 251 g/mol. The number of nitrogens with zero attached hydrogens (tertiary/aromatic N) is 1. The molecule has 3 N–H and O–H groups in total. The van der Waals surface area contributed by atoms with E-state index in [-0.39, 0.29) is 6.04 Å². The zero-order valence-corrected chi connectivity index (χ0v) is 10.8. The largest absolute Gasteiger partial charge is 0.375 e. The molecule has 3 heteroatoms. The molecule has 0 aromatic heterocycles. The van der Waals surface area contributed by atoms with Gasteiger partial charge in [-0.3, -0.25) is 0 Å². The number of hydrogen-bond donors (Lipinski definition) is 2. The van der Waals surface area contributed by atoms with Crippen LogP contribution in [0.15, 0.2) is 42.5 Å². The smallest absolute Gasteiger partial charge is 0.0657 e. The van der Waals surface area contributed by atoms with Crippen molar-refractivity contribution in [2.75, 3.05) is 23.3 Å². The Morgan fingerprint density at radius 2 is 2.05 bits per heavy atom. The van der Waals surface area contributed by atoms with Crippen molar-refractivity contribution in [3.8, 4) is 0 Å². The van der Waals surface area contributed by atoms with E-state index in [9.17, 15) is 0 Å². The minimum atomic E-state index is 0.194. The third-order valence-corrected chi connectivity index (χ3v) is 4.16. The Bertz CT molecular complexity index is 636. The summed E-state index contributed by atoms with van der Waals surface area (Å²) in [6.07, 6.45) is 1.12. The number of nitrogens with one attached hydrogen (secondary N) is 1. The van der Waals surface area contributed by atoms with E-state index in [1.165, 1.54) is 28.2 Å². The van der Waals surface area contributed by atoms with Crippen molar-refractivity contribution in [2.45, 2.75) is 12.5 Å². The molecule has 0 radical (unpaired) electrons. The van der Waals surface area contributed by atoms with Crippen molar-refractivity contribution in [1.29, 1.82) is 0 Å². The summed E-state index contributed by atoms with van der Waals surface area (Å²) in [5.41, 5.74) is 12.6.